The first-order chi connectivity index (χ1) is 13.1. The number of imidazole rings is 1. The zero-order chi connectivity index (χ0) is 19.4. The first-order valence-corrected chi connectivity index (χ1v) is 9.74. The third kappa shape index (κ3) is 3.92. The highest BCUT2D eigenvalue weighted by Gasteiger charge is 2.18. The van der Waals surface area contributed by atoms with E-state index in [9.17, 15) is 5.26 Å². The minimum absolute atomic E-state index is 0.613. The van der Waals surface area contributed by atoms with Crippen molar-refractivity contribution in [2.45, 2.75) is 38.2 Å². The molecule has 0 bridgehead atoms. The molecule has 2 heterocycles. The molecule has 0 saturated heterocycles. The minimum Gasteiger partial charge on any atom is -0.383 e. The molecule has 0 amide bonds. The van der Waals surface area contributed by atoms with Crippen LogP contribution in [0.3, 0.4) is 0 Å². The minimum atomic E-state index is 0.613. The largest absolute Gasteiger partial charge is 0.383 e. The van der Waals surface area contributed by atoms with Crippen LogP contribution in [0.5, 0.6) is 0 Å². The van der Waals surface area contributed by atoms with E-state index in [1.807, 2.05) is 48.9 Å². The van der Waals surface area contributed by atoms with E-state index in [2.05, 4.69) is 22.7 Å². The van der Waals surface area contributed by atoms with Crippen molar-refractivity contribution in [3.05, 3.63) is 58.7 Å². The number of methoxy groups -OCH3 is 1. The lowest BCUT2D eigenvalue weighted by Gasteiger charge is -2.10. The normalized spacial score (nSPS) is 10.9. The molecule has 0 aliphatic rings. The number of rotatable bonds is 7. The molecule has 0 aliphatic heterocycles. The lowest BCUT2D eigenvalue weighted by atomic mass is 10.2. The van der Waals surface area contributed by atoms with Crippen molar-refractivity contribution in [2.75, 3.05) is 13.7 Å². The van der Waals surface area contributed by atoms with Gasteiger partial charge in [-0.3, -0.25) is 0 Å². The topological polar surface area (TPSA) is 68.7 Å². The Bertz CT molecular complexity index is 969. The third-order valence-corrected chi connectivity index (χ3v) is 5.54. The van der Waals surface area contributed by atoms with Crippen LogP contribution in [-0.4, -0.2) is 33.0 Å². The summed E-state index contributed by atoms with van der Waals surface area (Å²) in [5.74, 6) is 0.613. The van der Waals surface area contributed by atoms with E-state index in [0.29, 0.717) is 17.9 Å². The second-order valence-electron chi connectivity index (χ2n) is 6.26. The molecule has 0 atom stereocenters. The molecule has 6 nitrogen and oxygen atoms in total. The van der Waals surface area contributed by atoms with Gasteiger partial charge in [0.05, 0.1) is 34.9 Å². The maximum Gasteiger partial charge on any atom is 0.168 e. The molecule has 27 heavy (non-hydrogen) atoms. The van der Waals surface area contributed by atoms with E-state index in [4.69, 9.17) is 9.72 Å². The zero-order valence-electron chi connectivity index (χ0n) is 16.1. The summed E-state index contributed by atoms with van der Waals surface area (Å²) in [6.45, 7) is 7.35. The van der Waals surface area contributed by atoms with Gasteiger partial charge in [-0.15, -0.1) is 0 Å². The number of nitrogens with zero attached hydrogens (tertiary/aromatic N) is 5. The van der Waals surface area contributed by atoms with Crippen LogP contribution in [0.25, 0.3) is 5.69 Å². The van der Waals surface area contributed by atoms with Gasteiger partial charge < -0.3 is 9.30 Å². The molecule has 0 fully saturated rings. The Morgan fingerprint density at radius 2 is 1.89 bits per heavy atom. The van der Waals surface area contributed by atoms with Crippen molar-refractivity contribution in [3.63, 3.8) is 0 Å². The van der Waals surface area contributed by atoms with Crippen molar-refractivity contribution in [3.8, 4) is 11.8 Å². The SMILES string of the molecule is COCCn1c(SCc2c(C#N)c(C)nn2-c2ccccc2)nc(C)c1C. The summed E-state index contributed by atoms with van der Waals surface area (Å²) < 4.78 is 9.27. The Morgan fingerprint density at radius 3 is 2.56 bits per heavy atom. The average Bonchev–Trinajstić information content (AvgIpc) is 3.15. The maximum atomic E-state index is 9.63. The molecule has 0 saturated carbocycles. The van der Waals surface area contributed by atoms with E-state index >= 15 is 0 Å². The first-order valence-electron chi connectivity index (χ1n) is 8.76. The quantitative estimate of drug-likeness (QED) is 0.582. The predicted octanol–water partition coefficient (Wildman–Crippen LogP) is 3.80. The summed E-state index contributed by atoms with van der Waals surface area (Å²) in [5, 5.41) is 15.2. The van der Waals surface area contributed by atoms with Crippen molar-refractivity contribution >= 4 is 11.8 Å². The number of aromatic nitrogens is 4. The van der Waals surface area contributed by atoms with Crippen LogP contribution in [0.1, 0.15) is 28.3 Å². The molecule has 0 spiro atoms. The molecule has 0 N–H and O–H groups in total. The molecular formula is C20H23N5OS. The molecule has 1 aromatic carbocycles. The Hall–Kier alpha value is -2.56. The molecule has 3 aromatic rings. The molecule has 7 heteroatoms. The highest BCUT2D eigenvalue weighted by atomic mass is 32.2. The van der Waals surface area contributed by atoms with Gasteiger partial charge in [0.2, 0.25) is 0 Å². The van der Waals surface area contributed by atoms with Crippen LogP contribution >= 0.6 is 11.8 Å². The predicted molar refractivity (Wildman–Crippen MR) is 106 cm³/mol. The molecule has 0 unspecified atom stereocenters. The van der Waals surface area contributed by atoms with Crippen molar-refractivity contribution in [1.82, 2.24) is 19.3 Å². The van der Waals surface area contributed by atoms with Crippen LogP contribution in [-0.2, 0) is 17.0 Å². The van der Waals surface area contributed by atoms with E-state index in [-0.39, 0.29) is 0 Å². The van der Waals surface area contributed by atoms with Gasteiger partial charge in [0.1, 0.15) is 6.07 Å². The summed E-state index contributed by atoms with van der Waals surface area (Å²) >= 11 is 1.62. The number of ether oxygens (including phenoxy) is 1. The van der Waals surface area contributed by atoms with Gasteiger partial charge in [0.15, 0.2) is 5.16 Å². The maximum absolute atomic E-state index is 9.63. The third-order valence-electron chi connectivity index (χ3n) is 4.55. The van der Waals surface area contributed by atoms with Gasteiger partial charge in [0, 0.05) is 25.1 Å². The standard InChI is InChI=1S/C20H23N5OS/c1-14-16(3)24(10-11-26-4)20(22-14)27-13-19-18(12-21)15(2)23-25(19)17-8-6-5-7-9-17/h5-9H,10-11,13H2,1-4H3. The van der Waals surface area contributed by atoms with Crippen LogP contribution in [0.15, 0.2) is 35.5 Å². The average molecular weight is 382 g/mol. The molecule has 0 aliphatic carbocycles. The molecule has 2 aromatic heterocycles. The zero-order valence-corrected chi connectivity index (χ0v) is 16.9. The van der Waals surface area contributed by atoms with Crippen LogP contribution in [0.2, 0.25) is 0 Å². The smallest absolute Gasteiger partial charge is 0.168 e. The Balaban J connectivity index is 1.93. The van der Waals surface area contributed by atoms with Crippen molar-refractivity contribution in [1.29, 1.82) is 5.26 Å². The fourth-order valence-electron chi connectivity index (χ4n) is 2.95. The van der Waals surface area contributed by atoms with Gasteiger partial charge in [-0.25, -0.2) is 9.67 Å². The summed E-state index contributed by atoms with van der Waals surface area (Å²) in [5.41, 5.74) is 5.38. The van der Waals surface area contributed by atoms with Gasteiger partial charge in [-0.05, 0) is 32.9 Å². The molecule has 3 rings (SSSR count). The first kappa shape index (κ1) is 19.2. The van der Waals surface area contributed by atoms with Gasteiger partial charge in [-0.1, -0.05) is 30.0 Å². The number of para-hydroxylation sites is 1. The van der Waals surface area contributed by atoms with Crippen LogP contribution in [0.4, 0.5) is 0 Å². The van der Waals surface area contributed by atoms with E-state index in [1.54, 1.807) is 18.9 Å². The van der Waals surface area contributed by atoms with Crippen molar-refractivity contribution in [2.24, 2.45) is 0 Å². The Labute approximate surface area is 163 Å². The van der Waals surface area contributed by atoms with Crippen molar-refractivity contribution < 1.29 is 4.74 Å². The second-order valence-corrected chi connectivity index (χ2v) is 7.21. The van der Waals surface area contributed by atoms with E-state index in [0.717, 1.165) is 40.2 Å². The van der Waals surface area contributed by atoms with Gasteiger partial charge in [-0.2, -0.15) is 10.4 Å². The number of hydrogen-bond donors (Lipinski definition) is 0. The van der Waals surface area contributed by atoms with E-state index in [1.165, 1.54) is 0 Å². The van der Waals surface area contributed by atoms with Crippen LogP contribution < -0.4 is 0 Å². The lowest BCUT2D eigenvalue weighted by Crippen LogP contribution is -2.08. The number of aryl methyl sites for hydroxylation is 2. The number of hydrogen-bond acceptors (Lipinski definition) is 5. The molecular weight excluding hydrogens is 358 g/mol. The molecule has 0 radical (unpaired) electrons. The highest BCUT2D eigenvalue weighted by molar-refractivity contribution is 7.98. The summed E-state index contributed by atoms with van der Waals surface area (Å²) in [6.07, 6.45) is 0. The van der Waals surface area contributed by atoms with E-state index < -0.39 is 0 Å². The summed E-state index contributed by atoms with van der Waals surface area (Å²) in [6, 6.07) is 12.2. The molecule has 140 valence electrons. The highest BCUT2D eigenvalue weighted by Crippen LogP contribution is 2.28. The summed E-state index contributed by atoms with van der Waals surface area (Å²) in [7, 11) is 1.70. The number of nitriles is 1. The fraction of sp³-hybridized carbons (Fsp3) is 0.350. The van der Waals surface area contributed by atoms with Crippen LogP contribution in [0, 0.1) is 32.1 Å². The lowest BCUT2D eigenvalue weighted by molar-refractivity contribution is 0.184. The van der Waals surface area contributed by atoms with Gasteiger partial charge in [0.25, 0.3) is 0 Å². The Kier molecular flexibility index (Phi) is 5.99. The Morgan fingerprint density at radius 1 is 1.15 bits per heavy atom. The monoisotopic (exact) mass is 381 g/mol. The second kappa shape index (κ2) is 8.42. The number of benzene rings is 1. The summed E-state index contributed by atoms with van der Waals surface area (Å²) in [4.78, 5) is 4.70. The fourth-order valence-corrected chi connectivity index (χ4v) is 4.07. The van der Waals surface area contributed by atoms with Gasteiger partial charge >= 0.3 is 0 Å². The number of thioether (sulfide) groups is 1.